The van der Waals surface area contributed by atoms with Crippen molar-refractivity contribution in [2.24, 2.45) is 5.92 Å². The van der Waals surface area contributed by atoms with Gasteiger partial charge in [-0.2, -0.15) is 0 Å². The fourth-order valence-electron chi connectivity index (χ4n) is 3.11. The van der Waals surface area contributed by atoms with E-state index in [9.17, 15) is 4.21 Å². The molecule has 1 saturated heterocycles. The van der Waals surface area contributed by atoms with E-state index in [2.05, 4.69) is 24.1 Å². The number of nitrogens with one attached hydrogen (secondary N) is 1. The zero-order valence-electron chi connectivity index (χ0n) is 12.1. The van der Waals surface area contributed by atoms with Gasteiger partial charge in [0.1, 0.15) is 0 Å². The van der Waals surface area contributed by atoms with Gasteiger partial charge in [-0.15, -0.1) is 0 Å². The quantitative estimate of drug-likeness (QED) is 0.797. The predicted octanol–water partition coefficient (Wildman–Crippen LogP) is 1.61. The zero-order chi connectivity index (χ0) is 13.2. The second kappa shape index (κ2) is 6.02. The lowest BCUT2D eigenvalue weighted by molar-refractivity contribution is 0.0786. The summed E-state index contributed by atoms with van der Waals surface area (Å²) in [5.74, 6) is 2.51. The minimum atomic E-state index is -0.628. The largest absolute Gasteiger partial charge is 0.308 e. The van der Waals surface area contributed by atoms with Crippen molar-refractivity contribution in [3.05, 3.63) is 0 Å². The smallest absolute Gasteiger partial charge is 0.0362 e. The Bertz CT molecular complexity index is 306. The fraction of sp³-hybridized carbons (Fsp3) is 1.00. The molecule has 0 spiro atoms. The van der Waals surface area contributed by atoms with Crippen LogP contribution in [0.4, 0.5) is 0 Å². The van der Waals surface area contributed by atoms with Crippen LogP contribution in [0.2, 0.25) is 0 Å². The molecule has 2 rings (SSSR count). The number of hydrogen-bond acceptors (Lipinski definition) is 3. The molecule has 0 aromatic rings. The van der Waals surface area contributed by atoms with E-state index in [0.717, 1.165) is 37.1 Å². The van der Waals surface area contributed by atoms with Crippen LogP contribution in [-0.4, -0.2) is 51.8 Å². The van der Waals surface area contributed by atoms with Crippen molar-refractivity contribution in [3.63, 3.8) is 0 Å². The minimum Gasteiger partial charge on any atom is -0.308 e. The van der Waals surface area contributed by atoms with Gasteiger partial charge in [0, 0.05) is 53.5 Å². The van der Waals surface area contributed by atoms with E-state index in [4.69, 9.17) is 0 Å². The molecule has 0 amide bonds. The van der Waals surface area contributed by atoms with Crippen LogP contribution in [0.1, 0.15) is 40.0 Å². The Morgan fingerprint density at radius 3 is 2.67 bits per heavy atom. The van der Waals surface area contributed by atoms with Crippen LogP contribution in [0.15, 0.2) is 0 Å². The Kier molecular flexibility index (Phi) is 4.84. The molecule has 3 nitrogen and oxygen atoms in total. The van der Waals surface area contributed by atoms with Crippen molar-refractivity contribution in [3.8, 4) is 0 Å². The zero-order valence-corrected chi connectivity index (χ0v) is 12.9. The number of hydrogen-bond donors (Lipinski definition) is 1. The molecule has 4 heteroatoms. The summed E-state index contributed by atoms with van der Waals surface area (Å²) in [4.78, 5) is 2.59. The maximum atomic E-state index is 11.6. The van der Waals surface area contributed by atoms with E-state index in [0.29, 0.717) is 11.6 Å². The monoisotopic (exact) mass is 272 g/mol. The van der Waals surface area contributed by atoms with E-state index in [-0.39, 0.29) is 0 Å². The highest BCUT2D eigenvalue weighted by Gasteiger charge is 2.45. The second-order valence-corrected chi connectivity index (χ2v) is 7.90. The highest BCUT2D eigenvalue weighted by molar-refractivity contribution is 7.84. The SMILES string of the molecule is CCC1CNC(C)(C2CC2)CN1CCS(=O)CC. The van der Waals surface area contributed by atoms with Gasteiger partial charge >= 0.3 is 0 Å². The molecule has 1 aliphatic heterocycles. The number of rotatable bonds is 6. The lowest BCUT2D eigenvalue weighted by atomic mass is 9.90. The van der Waals surface area contributed by atoms with Gasteiger partial charge < -0.3 is 5.32 Å². The molecular formula is C14H28N2OS. The van der Waals surface area contributed by atoms with Crippen molar-refractivity contribution >= 4 is 10.8 Å². The van der Waals surface area contributed by atoms with Crippen molar-refractivity contribution in [2.45, 2.75) is 51.6 Å². The standard InChI is InChI=1S/C14H28N2OS/c1-4-13-10-15-14(3,12-6-7-12)11-16(13)8-9-18(17)5-2/h12-13,15H,4-11H2,1-3H3. The van der Waals surface area contributed by atoms with E-state index >= 15 is 0 Å². The molecule has 0 aromatic carbocycles. The summed E-state index contributed by atoms with van der Waals surface area (Å²) >= 11 is 0. The van der Waals surface area contributed by atoms with Crippen molar-refractivity contribution < 1.29 is 4.21 Å². The molecule has 1 heterocycles. The third kappa shape index (κ3) is 3.34. The van der Waals surface area contributed by atoms with Crippen LogP contribution in [0.5, 0.6) is 0 Å². The van der Waals surface area contributed by atoms with Gasteiger partial charge in [0.05, 0.1) is 0 Å². The van der Waals surface area contributed by atoms with Gasteiger partial charge in [-0.25, -0.2) is 0 Å². The summed E-state index contributed by atoms with van der Waals surface area (Å²) in [6.45, 7) is 9.89. The van der Waals surface area contributed by atoms with Crippen LogP contribution in [0.25, 0.3) is 0 Å². The van der Waals surface area contributed by atoms with E-state index in [1.165, 1.54) is 19.3 Å². The summed E-state index contributed by atoms with van der Waals surface area (Å²) in [6, 6.07) is 0.630. The molecule has 3 unspecified atom stereocenters. The van der Waals surface area contributed by atoms with Crippen LogP contribution in [0, 0.1) is 5.92 Å². The summed E-state index contributed by atoms with van der Waals surface area (Å²) in [5, 5.41) is 3.77. The van der Waals surface area contributed by atoms with Gasteiger partial charge in [0.2, 0.25) is 0 Å². The van der Waals surface area contributed by atoms with Crippen molar-refractivity contribution in [1.29, 1.82) is 0 Å². The molecule has 0 bridgehead atoms. The normalized spacial score (nSPS) is 35.6. The predicted molar refractivity (Wildman–Crippen MR) is 78.3 cm³/mol. The molecule has 2 aliphatic rings. The van der Waals surface area contributed by atoms with Crippen LogP contribution < -0.4 is 5.32 Å². The third-order valence-corrected chi connectivity index (χ3v) is 5.95. The topological polar surface area (TPSA) is 32.3 Å². The van der Waals surface area contributed by atoms with E-state index in [1.54, 1.807) is 0 Å². The molecule has 106 valence electrons. The average Bonchev–Trinajstić information content (AvgIpc) is 3.20. The van der Waals surface area contributed by atoms with Gasteiger partial charge in [0.25, 0.3) is 0 Å². The Hall–Kier alpha value is 0.0700. The minimum absolute atomic E-state index is 0.305. The fourth-order valence-corrected chi connectivity index (χ4v) is 3.84. The Balaban J connectivity index is 1.92. The van der Waals surface area contributed by atoms with Gasteiger partial charge in [-0.3, -0.25) is 9.11 Å². The first-order valence-corrected chi connectivity index (χ1v) is 8.92. The maximum absolute atomic E-state index is 11.6. The van der Waals surface area contributed by atoms with Crippen LogP contribution in [0.3, 0.4) is 0 Å². The van der Waals surface area contributed by atoms with Crippen molar-refractivity contribution in [2.75, 3.05) is 31.1 Å². The summed E-state index contributed by atoms with van der Waals surface area (Å²) in [5.41, 5.74) is 0.305. The first-order chi connectivity index (χ1) is 8.59. The Morgan fingerprint density at radius 2 is 2.11 bits per heavy atom. The summed E-state index contributed by atoms with van der Waals surface area (Å²) in [7, 11) is -0.628. The maximum Gasteiger partial charge on any atom is 0.0362 e. The first-order valence-electron chi connectivity index (χ1n) is 7.43. The molecule has 1 aliphatic carbocycles. The van der Waals surface area contributed by atoms with Gasteiger partial charge in [0.15, 0.2) is 0 Å². The Morgan fingerprint density at radius 1 is 1.39 bits per heavy atom. The molecule has 0 aromatic heterocycles. The lowest BCUT2D eigenvalue weighted by Gasteiger charge is -2.46. The Labute approximate surface area is 114 Å². The summed E-state index contributed by atoms with van der Waals surface area (Å²) < 4.78 is 11.6. The molecular weight excluding hydrogens is 244 g/mol. The average molecular weight is 272 g/mol. The molecule has 1 N–H and O–H groups in total. The molecule has 2 fully saturated rings. The summed E-state index contributed by atoms with van der Waals surface area (Å²) in [6.07, 6.45) is 3.95. The molecule has 18 heavy (non-hydrogen) atoms. The second-order valence-electron chi connectivity index (χ2n) is 6.04. The van der Waals surface area contributed by atoms with Gasteiger partial charge in [-0.05, 0) is 32.1 Å². The lowest BCUT2D eigenvalue weighted by Crippen LogP contribution is -2.64. The van der Waals surface area contributed by atoms with Crippen LogP contribution in [-0.2, 0) is 10.8 Å². The highest BCUT2D eigenvalue weighted by atomic mass is 32.2. The first kappa shape index (κ1) is 14.5. The van der Waals surface area contributed by atoms with E-state index in [1.807, 2.05) is 6.92 Å². The highest BCUT2D eigenvalue weighted by Crippen LogP contribution is 2.41. The molecule has 1 saturated carbocycles. The van der Waals surface area contributed by atoms with Crippen molar-refractivity contribution in [1.82, 2.24) is 10.2 Å². The van der Waals surface area contributed by atoms with E-state index < -0.39 is 10.8 Å². The number of nitrogens with zero attached hydrogens (tertiary/aromatic N) is 1. The van der Waals surface area contributed by atoms with Gasteiger partial charge in [-0.1, -0.05) is 13.8 Å². The molecule has 3 atom stereocenters. The number of piperazine rings is 1. The van der Waals surface area contributed by atoms with Crippen LogP contribution >= 0.6 is 0 Å². The third-order valence-electron chi connectivity index (χ3n) is 4.67. The molecule has 0 radical (unpaired) electrons.